The lowest BCUT2D eigenvalue weighted by atomic mass is 10.0. The van der Waals surface area contributed by atoms with Crippen LogP contribution in [0.25, 0.3) is 0 Å². The van der Waals surface area contributed by atoms with Gasteiger partial charge in [-0.15, -0.1) is 11.3 Å². The Balaban J connectivity index is 1.67. The SMILES string of the molecule is Cc1cc(C(C)NC2CCN3CCCC23)c(C)s1. The highest BCUT2D eigenvalue weighted by atomic mass is 32.1. The molecule has 0 bridgehead atoms. The predicted octanol–water partition coefficient (Wildman–Crippen LogP) is 3.25. The number of hydrogen-bond donors (Lipinski definition) is 1. The molecule has 0 aliphatic carbocycles. The molecule has 0 aromatic carbocycles. The molecule has 0 radical (unpaired) electrons. The molecular weight excluding hydrogens is 240 g/mol. The summed E-state index contributed by atoms with van der Waals surface area (Å²) in [6.07, 6.45) is 4.12. The summed E-state index contributed by atoms with van der Waals surface area (Å²) in [5, 5.41) is 3.89. The van der Waals surface area contributed by atoms with Crippen molar-refractivity contribution in [2.45, 2.75) is 58.2 Å². The molecule has 18 heavy (non-hydrogen) atoms. The highest BCUT2D eigenvalue weighted by molar-refractivity contribution is 7.12. The number of nitrogens with one attached hydrogen (secondary N) is 1. The van der Waals surface area contributed by atoms with Crippen molar-refractivity contribution < 1.29 is 0 Å². The molecule has 1 N–H and O–H groups in total. The van der Waals surface area contributed by atoms with E-state index in [1.165, 1.54) is 47.7 Å². The van der Waals surface area contributed by atoms with Crippen molar-refractivity contribution in [3.8, 4) is 0 Å². The summed E-state index contributed by atoms with van der Waals surface area (Å²) in [5.41, 5.74) is 1.51. The average molecular weight is 264 g/mol. The first kappa shape index (κ1) is 12.6. The van der Waals surface area contributed by atoms with E-state index < -0.39 is 0 Å². The Hall–Kier alpha value is -0.380. The number of nitrogens with zero attached hydrogens (tertiary/aromatic N) is 1. The van der Waals surface area contributed by atoms with Gasteiger partial charge in [0.1, 0.15) is 0 Å². The third-order valence-corrected chi connectivity index (χ3v) is 5.60. The summed E-state index contributed by atoms with van der Waals surface area (Å²) >= 11 is 1.92. The van der Waals surface area contributed by atoms with Crippen molar-refractivity contribution in [3.05, 3.63) is 21.4 Å². The molecule has 100 valence electrons. The summed E-state index contributed by atoms with van der Waals surface area (Å²) in [5.74, 6) is 0. The van der Waals surface area contributed by atoms with Gasteiger partial charge in [0.25, 0.3) is 0 Å². The fourth-order valence-electron chi connectivity index (χ4n) is 3.77. The van der Waals surface area contributed by atoms with E-state index in [4.69, 9.17) is 0 Å². The summed E-state index contributed by atoms with van der Waals surface area (Å²) in [6.45, 7) is 9.42. The molecule has 2 aliphatic rings. The molecule has 1 aromatic rings. The van der Waals surface area contributed by atoms with E-state index in [1.54, 1.807) is 0 Å². The Labute approximate surface area is 114 Å². The van der Waals surface area contributed by atoms with Gasteiger partial charge in [0.2, 0.25) is 0 Å². The Bertz CT molecular complexity index is 426. The third kappa shape index (κ3) is 2.24. The van der Waals surface area contributed by atoms with Crippen LogP contribution in [0.15, 0.2) is 6.07 Å². The zero-order valence-corrected chi connectivity index (χ0v) is 12.5. The van der Waals surface area contributed by atoms with Gasteiger partial charge in [-0.1, -0.05) is 0 Å². The van der Waals surface area contributed by atoms with Gasteiger partial charge in [-0.3, -0.25) is 4.90 Å². The molecule has 3 atom stereocenters. The van der Waals surface area contributed by atoms with Gasteiger partial charge in [0.05, 0.1) is 0 Å². The summed E-state index contributed by atoms with van der Waals surface area (Å²) in [6, 6.07) is 4.38. The molecule has 2 fully saturated rings. The quantitative estimate of drug-likeness (QED) is 0.901. The van der Waals surface area contributed by atoms with Crippen LogP contribution in [-0.2, 0) is 0 Å². The monoisotopic (exact) mass is 264 g/mol. The predicted molar refractivity (Wildman–Crippen MR) is 78.3 cm³/mol. The second kappa shape index (κ2) is 4.95. The van der Waals surface area contributed by atoms with E-state index in [0.29, 0.717) is 12.1 Å². The first-order valence-electron chi connectivity index (χ1n) is 7.22. The van der Waals surface area contributed by atoms with Crippen LogP contribution in [0.4, 0.5) is 0 Å². The van der Waals surface area contributed by atoms with Crippen LogP contribution >= 0.6 is 11.3 Å². The fraction of sp³-hybridized carbons (Fsp3) is 0.733. The molecule has 3 heterocycles. The van der Waals surface area contributed by atoms with E-state index in [0.717, 1.165) is 6.04 Å². The minimum Gasteiger partial charge on any atom is -0.306 e. The van der Waals surface area contributed by atoms with E-state index >= 15 is 0 Å². The molecule has 2 nitrogen and oxygen atoms in total. The lowest BCUT2D eigenvalue weighted by molar-refractivity contribution is 0.291. The maximum atomic E-state index is 3.89. The molecule has 3 unspecified atom stereocenters. The molecule has 1 aromatic heterocycles. The minimum atomic E-state index is 0.500. The van der Waals surface area contributed by atoms with Crippen molar-refractivity contribution in [2.24, 2.45) is 0 Å². The molecule has 3 rings (SSSR count). The number of thiophene rings is 1. The van der Waals surface area contributed by atoms with Crippen LogP contribution in [0.2, 0.25) is 0 Å². The van der Waals surface area contributed by atoms with Crippen molar-refractivity contribution in [1.82, 2.24) is 10.2 Å². The lowest BCUT2D eigenvalue weighted by Crippen LogP contribution is -2.40. The van der Waals surface area contributed by atoms with Crippen molar-refractivity contribution in [3.63, 3.8) is 0 Å². The van der Waals surface area contributed by atoms with Crippen LogP contribution in [0.1, 0.15) is 47.5 Å². The van der Waals surface area contributed by atoms with E-state index in [-0.39, 0.29) is 0 Å². The minimum absolute atomic E-state index is 0.500. The molecule has 2 aliphatic heterocycles. The first-order chi connectivity index (χ1) is 8.65. The lowest BCUT2D eigenvalue weighted by Gasteiger charge is -2.25. The van der Waals surface area contributed by atoms with E-state index in [1.807, 2.05) is 11.3 Å². The Morgan fingerprint density at radius 3 is 2.89 bits per heavy atom. The number of aryl methyl sites for hydroxylation is 2. The average Bonchev–Trinajstić information content (AvgIpc) is 2.96. The molecule has 3 heteroatoms. The zero-order valence-electron chi connectivity index (χ0n) is 11.7. The van der Waals surface area contributed by atoms with Crippen LogP contribution < -0.4 is 5.32 Å². The normalized spacial score (nSPS) is 29.7. The zero-order chi connectivity index (χ0) is 12.7. The largest absolute Gasteiger partial charge is 0.306 e. The van der Waals surface area contributed by atoms with Crippen molar-refractivity contribution >= 4 is 11.3 Å². The van der Waals surface area contributed by atoms with Gasteiger partial charge in [-0.2, -0.15) is 0 Å². The summed E-state index contributed by atoms with van der Waals surface area (Å²) in [7, 11) is 0. The van der Waals surface area contributed by atoms with Crippen LogP contribution in [0.3, 0.4) is 0 Å². The summed E-state index contributed by atoms with van der Waals surface area (Å²) < 4.78 is 0. The molecular formula is C15H24N2S. The molecule has 2 saturated heterocycles. The fourth-order valence-corrected chi connectivity index (χ4v) is 4.79. The van der Waals surface area contributed by atoms with Crippen molar-refractivity contribution in [1.29, 1.82) is 0 Å². The highest BCUT2D eigenvalue weighted by Crippen LogP contribution is 2.31. The van der Waals surface area contributed by atoms with E-state index in [9.17, 15) is 0 Å². The Kier molecular flexibility index (Phi) is 3.48. The van der Waals surface area contributed by atoms with Gasteiger partial charge >= 0.3 is 0 Å². The second-order valence-electron chi connectivity index (χ2n) is 5.90. The van der Waals surface area contributed by atoms with Gasteiger partial charge in [0.15, 0.2) is 0 Å². The van der Waals surface area contributed by atoms with Gasteiger partial charge in [-0.05, 0) is 58.2 Å². The molecule has 0 amide bonds. The van der Waals surface area contributed by atoms with Gasteiger partial charge in [-0.25, -0.2) is 0 Å². The van der Waals surface area contributed by atoms with Gasteiger partial charge < -0.3 is 5.32 Å². The Morgan fingerprint density at radius 1 is 1.33 bits per heavy atom. The first-order valence-corrected chi connectivity index (χ1v) is 8.04. The number of rotatable bonds is 3. The summed E-state index contributed by atoms with van der Waals surface area (Å²) in [4.78, 5) is 5.59. The van der Waals surface area contributed by atoms with Crippen molar-refractivity contribution in [2.75, 3.05) is 13.1 Å². The number of hydrogen-bond acceptors (Lipinski definition) is 3. The van der Waals surface area contributed by atoms with Crippen LogP contribution in [0, 0.1) is 13.8 Å². The second-order valence-corrected chi connectivity index (χ2v) is 7.36. The maximum Gasteiger partial charge on any atom is 0.0306 e. The number of fused-ring (bicyclic) bond motifs is 1. The van der Waals surface area contributed by atoms with Gasteiger partial charge in [0, 0.05) is 34.4 Å². The van der Waals surface area contributed by atoms with Crippen LogP contribution in [0.5, 0.6) is 0 Å². The molecule has 0 spiro atoms. The highest BCUT2D eigenvalue weighted by Gasteiger charge is 2.37. The van der Waals surface area contributed by atoms with Crippen LogP contribution in [-0.4, -0.2) is 30.1 Å². The Morgan fingerprint density at radius 2 is 2.17 bits per heavy atom. The topological polar surface area (TPSA) is 15.3 Å². The molecule has 0 saturated carbocycles. The smallest absolute Gasteiger partial charge is 0.0306 e. The standard InChI is InChI=1S/C15H24N2S/c1-10-9-13(12(3)18-10)11(2)16-14-6-8-17-7-4-5-15(14)17/h9,11,14-16H,4-8H2,1-3H3. The van der Waals surface area contributed by atoms with E-state index in [2.05, 4.69) is 37.1 Å². The third-order valence-electron chi connectivity index (χ3n) is 4.62. The maximum absolute atomic E-state index is 3.89.